The van der Waals surface area contributed by atoms with E-state index in [9.17, 15) is 4.79 Å². The van der Waals surface area contributed by atoms with E-state index in [0.29, 0.717) is 6.42 Å². The van der Waals surface area contributed by atoms with Crippen LogP contribution in [0.1, 0.15) is 37.3 Å². The highest BCUT2D eigenvalue weighted by Gasteiger charge is 2.43. The smallest absolute Gasteiger partial charge is 0.220 e. The number of hydrogen-bond donors (Lipinski definition) is 1. The van der Waals surface area contributed by atoms with Crippen molar-refractivity contribution in [2.24, 2.45) is 0 Å². The Balaban J connectivity index is 1.45. The predicted molar refractivity (Wildman–Crippen MR) is 111 cm³/mol. The van der Waals surface area contributed by atoms with Crippen LogP contribution in [0, 0.1) is 0 Å². The van der Waals surface area contributed by atoms with Crippen LogP contribution in [0.5, 0.6) is 0 Å². The van der Waals surface area contributed by atoms with Crippen molar-refractivity contribution in [2.45, 2.75) is 53.9 Å². The zero-order valence-corrected chi connectivity index (χ0v) is 16.3. The Morgan fingerprint density at radius 1 is 0.963 bits per heavy atom. The summed E-state index contributed by atoms with van der Waals surface area (Å²) < 4.78 is 0. The summed E-state index contributed by atoms with van der Waals surface area (Å²) in [5, 5.41) is 5.80. The summed E-state index contributed by atoms with van der Waals surface area (Å²) in [4.78, 5) is 14.4. The van der Waals surface area contributed by atoms with E-state index in [0.717, 1.165) is 19.3 Å². The Morgan fingerprint density at radius 2 is 1.74 bits per heavy atom. The van der Waals surface area contributed by atoms with Gasteiger partial charge in [0.05, 0.1) is 0 Å². The van der Waals surface area contributed by atoms with Crippen LogP contribution < -0.4 is 5.32 Å². The number of carbonyl (C=O) groups excluding carboxylic acids is 1. The summed E-state index contributed by atoms with van der Waals surface area (Å²) in [6.45, 7) is 2.32. The number of nitrogens with one attached hydrogen (secondary N) is 1. The average Bonchev–Trinajstić information content (AvgIpc) is 2.68. The average molecular weight is 374 g/mol. The maximum absolute atomic E-state index is 11.8. The van der Waals surface area contributed by atoms with Gasteiger partial charge in [-0.3, -0.25) is 4.79 Å². The zero-order valence-electron chi connectivity index (χ0n) is 15.5. The molecular weight excluding hydrogens is 350 g/mol. The molecule has 1 aliphatic heterocycles. The lowest BCUT2D eigenvalue weighted by atomic mass is 9.64. The highest BCUT2D eigenvalue weighted by Crippen LogP contribution is 2.44. The van der Waals surface area contributed by atoms with Crippen LogP contribution in [0.15, 0.2) is 70.5 Å². The van der Waals surface area contributed by atoms with Gasteiger partial charge in [0, 0.05) is 27.7 Å². The van der Waals surface area contributed by atoms with E-state index >= 15 is 0 Å². The minimum absolute atomic E-state index is 0.0770. The van der Waals surface area contributed by atoms with Gasteiger partial charge in [0.1, 0.15) is 0 Å². The molecule has 1 fully saturated rings. The Bertz CT molecular complexity index is 1040. The molecule has 0 spiro atoms. The number of fused-ring (bicyclic) bond motifs is 4. The SMILES string of the molecule is C[C@]12CCC(=O)NC1CCc1cc(Sc3ccc4ccccc4c3)ccc12. The number of benzene rings is 3. The number of amides is 1. The fourth-order valence-electron chi connectivity index (χ4n) is 4.75. The van der Waals surface area contributed by atoms with Crippen molar-refractivity contribution in [3.05, 3.63) is 71.8 Å². The van der Waals surface area contributed by atoms with Gasteiger partial charge < -0.3 is 5.32 Å². The maximum Gasteiger partial charge on any atom is 0.220 e. The molecule has 3 aromatic carbocycles. The molecule has 5 rings (SSSR count). The van der Waals surface area contributed by atoms with Gasteiger partial charge >= 0.3 is 0 Å². The standard InChI is InChI=1S/C24H23NOS/c1-24-13-12-23(26)25-22(24)11-7-18-15-20(9-10-21(18)24)27-19-8-6-16-4-2-3-5-17(16)14-19/h2-6,8-10,14-15,22H,7,11-13H2,1H3,(H,25,26)/t22?,24-/m1/s1. The second-order valence-electron chi connectivity index (χ2n) is 8.01. The van der Waals surface area contributed by atoms with E-state index in [4.69, 9.17) is 0 Å². The molecule has 1 saturated heterocycles. The molecule has 3 aromatic rings. The van der Waals surface area contributed by atoms with Crippen molar-refractivity contribution >= 4 is 28.4 Å². The van der Waals surface area contributed by atoms with E-state index < -0.39 is 0 Å². The summed E-state index contributed by atoms with van der Waals surface area (Å²) >= 11 is 1.83. The van der Waals surface area contributed by atoms with Crippen LogP contribution in [-0.4, -0.2) is 11.9 Å². The first kappa shape index (κ1) is 16.9. The fourth-order valence-corrected chi connectivity index (χ4v) is 5.68. The molecule has 2 aliphatic rings. The molecular formula is C24H23NOS. The monoisotopic (exact) mass is 373 g/mol. The van der Waals surface area contributed by atoms with Gasteiger partial charge in [-0.15, -0.1) is 0 Å². The Hall–Kier alpha value is -2.26. The molecule has 136 valence electrons. The molecule has 3 heteroatoms. The number of carbonyl (C=O) groups is 1. The summed E-state index contributed by atoms with van der Waals surface area (Å²) in [7, 11) is 0. The van der Waals surface area contributed by atoms with Gasteiger partial charge in [-0.1, -0.05) is 55.1 Å². The van der Waals surface area contributed by atoms with E-state index in [1.807, 2.05) is 11.8 Å². The van der Waals surface area contributed by atoms with Gasteiger partial charge in [-0.25, -0.2) is 0 Å². The first-order valence-electron chi connectivity index (χ1n) is 9.71. The number of rotatable bonds is 2. The van der Waals surface area contributed by atoms with Gasteiger partial charge in [-0.2, -0.15) is 0 Å². The highest BCUT2D eigenvalue weighted by molar-refractivity contribution is 7.99. The second-order valence-corrected chi connectivity index (χ2v) is 9.15. The first-order valence-corrected chi connectivity index (χ1v) is 10.5. The topological polar surface area (TPSA) is 29.1 Å². The first-order chi connectivity index (χ1) is 13.1. The molecule has 1 N–H and O–H groups in total. The third kappa shape index (κ3) is 2.94. The fraction of sp³-hybridized carbons (Fsp3) is 0.292. The van der Waals surface area contributed by atoms with E-state index in [1.165, 1.54) is 31.7 Å². The normalized spacial score (nSPS) is 24.2. The van der Waals surface area contributed by atoms with E-state index in [2.05, 4.69) is 72.9 Å². The third-order valence-corrected chi connectivity index (χ3v) is 7.31. The molecule has 1 unspecified atom stereocenters. The van der Waals surface area contributed by atoms with E-state index in [-0.39, 0.29) is 17.4 Å². The summed E-state index contributed by atoms with van der Waals surface area (Å²) in [5.74, 6) is 0.212. The van der Waals surface area contributed by atoms with Crippen LogP contribution in [0.2, 0.25) is 0 Å². The lowest BCUT2D eigenvalue weighted by Gasteiger charge is -2.46. The molecule has 0 radical (unpaired) electrons. The Morgan fingerprint density at radius 3 is 2.63 bits per heavy atom. The Kier molecular flexibility index (Phi) is 4.01. The molecule has 27 heavy (non-hydrogen) atoms. The third-order valence-electron chi connectivity index (χ3n) is 6.33. The minimum atomic E-state index is 0.0770. The van der Waals surface area contributed by atoms with E-state index in [1.54, 1.807) is 0 Å². The minimum Gasteiger partial charge on any atom is -0.352 e. The predicted octanol–water partition coefficient (Wildman–Crippen LogP) is 5.47. The molecule has 1 aliphatic carbocycles. The van der Waals surface area contributed by atoms with Crippen LogP contribution >= 0.6 is 11.8 Å². The van der Waals surface area contributed by atoms with Crippen LogP contribution in [0.25, 0.3) is 10.8 Å². The van der Waals surface area contributed by atoms with Crippen molar-refractivity contribution in [1.82, 2.24) is 5.32 Å². The van der Waals surface area contributed by atoms with Crippen molar-refractivity contribution in [2.75, 3.05) is 0 Å². The summed E-state index contributed by atoms with van der Waals surface area (Å²) in [5.41, 5.74) is 2.96. The van der Waals surface area contributed by atoms with Crippen molar-refractivity contribution in [1.29, 1.82) is 0 Å². The van der Waals surface area contributed by atoms with Crippen molar-refractivity contribution in [3.8, 4) is 0 Å². The van der Waals surface area contributed by atoms with Crippen molar-refractivity contribution in [3.63, 3.8) is 0 Å². The van der Waals surface area contributed by atoms with Gasteiger partial charge in [0.15, 0.2) is 0 Å². The molecule has 1 amide bonds. The molecule has 2 atom stereocenters. The largest absolute Gasteiger partial charge is 0.352 e. The van der Waals surface area contributed by atoms with Crippen LogP contribution in [0.3, 0.4) is 0 Å². The van der Waals surface area contributed by atoms with Crippen LogP contribution in [0.4, 0.5) is 0 Å². The number of aryl methyl sites for hydroxylation is 1. The number of hydrogen-bond acceptors (Lipinski definition) is 2. The van der Waals surface area contributed by atoms with Gasteiger partial charge in [0.2, 0.25) is 5.91 Å². The molecule has 0 saturated carbocycles. The second kappa shape index (κ2) is 6.42. The Labute approximate surface area is 164 Å². The molecule has 2 nitrogen and oxygen atoms in total. The quantitative estimate of drug-likeness (QED) is 0.645. The highest BCUT2D eigenvalue weighted by atomic mass is 32.2. The zero-order chi connectivity index (χ0) is 18.4. The number of piperidine rings is 1. The summed E-state index contributed by atoms with van der Waals surface area (Å²) in [6.07, 6.45) is 3.68. The molecule has 0 bridgehead atoms. The molecule has 0 aromatic heterocycles. The maximum atomic E-state index is 11.8. The molecule has 1 heterocycles. The lowest BCUT2D eigenvalue weighted by Crippen LogP contribution is -2.55. The van der Waals surface area contributed by atoms with Crippen LogP contribution in [-0.2, 0) is 16.6 Å². The summed E-state index contributed by atoms with van der Waals surface area (Å²) in [6, 6.07) is 22.4. The van der Waals surface area contributed by atoms with Crippen molar-refractivity contribution < 1.29 is 4.79 Å². The van der Waals surface area contributed by atoms with Gasteiger partial charge in [-0.05, 0) is 65.4 Å². The lowest BCUT2D eigenvalue weighted by molar-refractivity contribution is -0.125. The van der Waals surface area contributed by atoms with Gasteiger partial charge in [0.25, 0.3) is 0 Å².